The Kier molecular flexibility index (Phi) is 3.26. The van der Waals surface area contributed by atoms with Crippen LogP contribution in [0.2, 0.25) is 0 Å². The predicted molar refractivity (Wildman–Crippen MR) is 65.5 cm³/mol. The summed E-state index contributed by atoms with van der Waals surface area (Å²) in [6.07, 6.45) is 0. The highest BCUT2D eigenvalue weighted by atomic mass is 79.9. The van der Waals surface area contributed by atoms with Gasteiger partial charge in [0.2, 0.25) is 0 Å². The van der Waals surface area contributed by atoms with E-state index in [2.05, 4.69) is 21.2 Å². The minimum Gasteiger partial charge on any atom is -0.444 e. The third-order valence-corrected chi connectivity index (χ3v) is 2.50. The molecule has 0 saturated carbocycles. The van der Waals surface area contributed by atoms with Crippen molar-refractivity contribution in [3.63, 3.8) is 0 Å². The summed E-state index contributed by atoms with van der Waals surface area (Å²) >= 11 is 3.12. The van der Waals surface area contributed by atoms with Crippen LogP contribution in [0.15, 0.2) is 45.5 Å². The van der Waals surface area contributed by atoms with Crippen molar-refractivity contribution in [3.05, 3.63) is 52.4 Å². The van der Waals surface area contributed by atoms with Crippen molar-refractivity contribution in [3.8, 4) is 6.07 Å². The van der Waals surface area contributed by atoms with E-state index < -0.39 is 0 Å². The number of hydrogen-bond donors (Lipinski definition) is 1. The second-order valence-corrected chi connectivity index (χ2v) is 4.03. The maximum atomic E-state index is 11.7. The van der Waals surface area contributed by atoms with Crippen LogP contribution in [0.4, 0.5) is 5.69 Å². The summed E-state index contributed by atoms with van der Waals surface area (Å²) in [4.78, 5) is 11.7. The van der Waals surface area contributed by atoms with Crippen LogP contribution >= 0.6 is 15.9 Å². The minimum absolute atomic E-state index is 0.223. The zero-order chi connectivity index (χ0) is 12.3. The molecule has 0 fully saturated rings. The van der Waals surface area contributed by atoms with Gasteiger partial charge >= 0.3 is 0 Å². The second kappa shape index (κ2) is 4.85. The number of furan rings is 1. The van der Waals surface area contributed by atoms with Crippen molar-refractivity contribution in [1.82, 2.24) is 0 Å². The molecule has 1 aromatic carbocycles. The molecule has 1 N–H and O–H groups in total. The molecule has 0 aliphatic rings. The standard InChI is InChI=1S/C12H7BrN2O2/c13-11-6-5-10(17-11)12(16)15-9-3-1-8(7-14)2-4-9/h1-6H,(H,15,16). The molecule has 5 heteroatoms. The maximum Gasteiger partial charge on any atom is 0.291 e. The Balaban J connectivity index is 2.11. The van der Waals surface area contributed by atoms with E-state index in [1.165, 1.54) is 0 Å². The first kappa shape index (κ1) is 11.4. The van der Waals surface area contributed by atoms with Gasteiger partial charge in [0.25, 0.3) is 5.91 Å². The van der Waals surface area contributed by atoms with E-state index in [4.69, 9.17) is 9.68 Å². The molecule has 2 rings (SSSR count). The molecule has 0 bridgehead atoms. The van der Waals surface area contributed by atoms with Gasteiger partial charge in [-0.3, -0.25) is 4.79 Å². The van der Waals surface area contributed by atoms with Gasteiger partial charge in [-0.05, 0) is 52.3 Å². The van der Waals surface area contributed by atoms with E-state index in [-0.39, 0.29) is 11.7 Å². The molecule has 17 heavy (non-hydrogen) atoms. The normalized spacial score (nSPS) is 9.65. The topological polar surface area (TPSA) is 66.0 Å². The molecule has 1 aromatic heterocycles. The first-order valence-corrected chi connectivity index (χ1v) is 5.55. The minimum atomic E-state index is -0.333. The second-order valence-electron chi connectivity index (χ2n) is 3.25. The molecule has 0 unspecified atom stereocenters. The average Bonchev–Trinajstić information content (AvgIpc) is 2.77. The van der Waals surface area contributed by atoms with Crippen molar-refractivity contribution >= 4 is 27.5 Å². The van der Waals surface area contributed by atoms with Gasteiger partial charge in [0.15, 0.2) is 10.4 Å². The largest absolute Gasteiger partial charge is 0.444 e. The van der Waals surface area contributed by atoms with Crippen molar-refractivity contribution in [2.24, 2.45) is 0 Å². The van der Waals surface area contributed by atoms with Gasteiger partial charge in [0, 0.05) is 5.69 Å². The van der Waals surface area contributed by atoms with Crippen LogP contribution in [0.1, 0.15) is 16.1 Å². The number of carbonyl (C=O) groups excluding carboxylic acids is 1. The Morgan fingerprint density at radius 1 is 1.24 bits per heavy atom. The Hall–Kier alpha value is -2.06. The monoisotopic (exact) mass is 290 g/mol. The van der Waals surface area contributed by atoms with Gasteiger partial charge in [-0.2, -0.15) is 5.26 Å². The maximum absolute atomic E-state index is 11.7. The van der Waals surface area contributed by atoms with E-state index in [0.717, 1.165) is 0 Å². The number of nitriles is 1. The smallest absolute Gasteiger partial charge is 0.291 e. The fourth-order valence-electron chi connectivity index (χ4n) is 1.26. The lowest BCUT2D eigenvalue weighted by atomic mass is 10.2. The van der Waals surface area contributed by atoms with Crippen molar-refractivity contribution in [1.29, 1.82) is 5.26 Å². The number of hydrogen-bond acceptors (Lipinski definition) is 3. The molecule has 84 valence electrons. The molecule has 0 radical (unpaired) electrons. The molecule has 0 saturated heterocycles. The molecule has 0 aliphatic carbocycles. The van der Waals surface area contributed by atoms with E-state index in [0.29, 0.717) is 15.9 Å². The molecule has 1 heterocycles. The van der Waals surface area contributed by atoms with Crippen LogP contribution in [0.3, 0.4) is 0 Å². The van der Waals surface area contributed by atoms with E-state index in [1.807, 2.05) is 6.07 Å². The highest BCUT2D eigenvalue weighted by molar-refractivity contribution is 9.10. The van der Waals surface area contributed by atoms with E-state index in [1.54, 1.807) is 36.4 Å². The van der Waals surface area contributed by atoms with Crippen LogP contribution in [0.5, 0.6) is 0 Å². The number of benzene rings is 1. The number of nitrogens with one attached hydrogen (secondary N) is 1. The van der Waals surface area contributed by atoms with Crippen LogP contribution in [-0.2, 0) is 0 Å². The summed E-state index contributed by atoms with van der Waals surface area (Å²) < 4.78 is 5.62. The number of anilines is 1. The lowest BCUT2D eigenvalue weighted by molar-refractivity contribution is 0.0995. The Labute approximate surface area is 106 Å². The van der Waals surface area contributed by atoms with Crippen molar-refractivity contribution < 1.29 is 9.21 Å². The third kappa shape index (κ3) is 2.74. The van der Waals surface area contributed by atoms with Gasteiger partial charge in [-0.25, -0.2) is 0 Å². The van der Waals surface area contributed by atoms with E-state index >= 15 is 0 Å². The molecule has 2 aromatic rings. The molecular weight excluding hydrogens is 284 g/mol. The number of rotatable bonds is 2. The molecule has 0 spiro atoms. The third-order valence-electron chi connectivity index (χ3n) is 2.07. The van der Waals surface area contributed by atoms with Crippen LogP contribution in [0.25, 0.3) is 0 Å². The molecule has 1 amide bonds. The van der Waals surface area contributed by atoms with E-state index in [9.17, 15) is 4.79 Å². The lowest BCUT2D eigenvalue weighted by Crippen LogP contribution is -2.10. The Morgan fingerprint density at radius 2 is 1.94 bits per heavy atom. The van der Waals surface area contributed by atoms with Gasteiger partial charge in [-0.1, -0.05) is 0 Å². The Morgan fingerprint density at radius 3 is 2.47 bits per heavy atom. The zero-order valence-electron chi connectivity index (χ0n) is 8.61. The highest BCUT2D eigenvalue weighted by Crippen LogP contribution is 2.16. The van der Waals surface area contributed by atoms with Gasteiger partial charge in [-0.15, -0.1) is 0 Å². The fourth-order valence-corrected chi connectivity index (χ4v) is 1.56. The first-order chi connectivity index (χ1) is 8.19. The molecule has 4 nitrogen and oxygen atoms in total. The highest BCUT2D eigenvalue weighted by Gasteiger charge is 2.10. The lowest BCUT2D eigenvalue weighted by Gasteiger charge is -2.02. The first-order valence-electron chi connectivity index (χ1n) is 4.76. The van der Waals surface area contributed by atoms with Crippen molar-refractivity contribution in [2.75, 3.05) is 5.32 Å². The Bertz CT molecular complexity index is 581. The fraction of sp³-hybridized carbons (Fsp3) is 0. The summed E-state index contributed by atoms with van der Waals surface area (Å²) in [5, 5.41) is 11.3. The van der Waals surface area contributed by atoms with Crippen LogP contribution in [0, 0.1) is 11.3 Å². The summed E-state index contributed by atoms with van der Waals surface area (Å²) in [5.74, 6) is -0.110. The molecule has 0 aliphatic heterocycles. The molecular formula is C12H7BrN2O2. The number of amides is 1. The number of halogens is 1. The summed E-state index contributed by atoms with van der Waals surface area (Å²) in [7, 11) is 0. The number of carbonyl (C=O) groups is 1. The number of nitrogens with zero attached hydrogens (tertiary/aromatic N) is 1. The van der Waals surface area contributed by atoms with Crippen LogP contribution < -0.4 is 5.32 Å². The van der Waals surface area contributed by atoms with Crippen molar-refractivity contribution in [2.45, 2.75) is 0 Å². The molecule has 0 atom stereocenters. The average molecular weight is 291 g/mol. The predicted octanol–water partition coefficient (Wildman–Crippen LogP) is 3.17. The SMILES string of the molecule is N#Cc1ccc(NC(=O)c2ccc(Br)o2)cc1. The summed E-state index contributed by atoms with van der Waals surface area (Å²) in [6.45, 7) is 0. The zero-order valence-corrected chi connectivity index (χ0v) is 10.2. The van der Waals surface area contributed by atoms with Gasteiger partial charge in [0.1, 0.15) is 0 Å². The van der Waals surface area contributed by atoms with Crippen LogP contribution in [-0.4, -0.2) is 5.91 Å². The van der Waals surface area contributed by atoms with Gasteiger partial charge in [0.05, 0.1) is 11.6 Å². The van der Waals surface area contributed by atoms with Gasteiger partial charge < -0.3 is 9.73 Å². The summed E-state index contributed by atoms with van der Waals surface area (Å²) in [5.41, 5.74) is 1.16. The summed E-state index contributed by atoms with van der Waals surface area (Å²) in [6, 6.07) is 11.8. The quantitative estimate of drug-likeness (QED) is 0.924.